The van der Waals surface area contributed by atoms with Crippen molar-refractivity contribution in [3.05, 3.63) is 48.1 Å². The maximum Gasteiger partial charge on any atom is 0.248 e. The van der Waals surface area contributed by atoms with Crippen LogP contribution in [0, 0.1) is 0 Å². The largest absolute Gasteiger partial charge is 0.497 e. The molecule has 3 aromatic rings. The fourth-order valence-corrected chi connectivity index (χ4v) is 5.02. The quantitative estimate of drug-likeness (QED) is 0.592. The average molecular weight is 422 g/mol. The second kappa shape index (κ2) is 7.86. The molecule has 4 rings (SSSR count). The van der Waals surface area contributed by atoms with Crippen LogP contribution in [0.3, 0.4) is 0 Å². The van der Waals surface area contributed by atoms with E-state index in [-0.39, 0.29) is 4.90 Å². The summed E-state index contributed by atoms with van der Waals surface area (Å²) in [6, 6.07) is 7.82. The Morgan fingerprint density at radius 1 is 1.25 bits per heavy atom. The normalized spacial score (nSPS) is 15.7. The number of rotatable bonds is 6. The van der Waals surface area contributed by atoms with E-state index in [2.05, 4.69) is 23.9 Å². The van der Waals surface area contributed by atoms with Crippen LogP contribution >= 0.6 is 11.5 Å². The summed E-state index contributed by atoms with van der Waals surface area (Å²) in [5.74, 6) is 1.55. The molecule has 11 heteroatoms. The van der Waals surface area contributed by atoms with Crippen molar-refractivity contribution in [1.82, 2.24) is 18.8 Å². The number of aromatic nitrogens is 3. The zero-order valence-corrected chi connectivity index (χ0v) is 16.8. The monoisotopic (exact) mass is 421 g/mol. The fourth-order valence-electron chi connectivity index (χ4n) is 3.00. The van der Waals surface area contributed by atoms with Crippen molar-refractivity contribution in [2.75, 3.05) is 38.2 Å². The van der Waals surface area contributed by atoms with Crippen LogP contribution in [0.5, 0.6) is 5.75 Å². The molecule has 28 heavy (non-hydrogen) atoms. The van der Waals surface area contributed by atoms with Crippen molar-refractivity contribution in [2.24, 2.45) is 0 Å². The van der Waals surface area contributed by atoms with Crippen molar-refractivity contribution in [3.8, 4) is 5.75 Å². The van der Waals surface area contributed by atoms with Gasteiger partial charge in [-0.25, -0.2) is 13.4 Å². The van der Waals surface area contributed by atoms with E-state index in [1.807, 2.05) is 24.3 Å². The summed E-state index contributed by atoms with van der Waals surface area (Å²) in [4.78, 5) is 6.76. The van der Waals surface area contributed by atoms with Crippen molar-refractivity contribution >= 4 is 26.7 Å². The lowest BCUT2D eigenvalue weighted by atomic mass is 10.1. The Morgan fingerprint density at radius 3 is 2.79 bits per heavy atom. The first-order chi connectivity index (χ1) is 13.6. The number of hydrogen-bond acceptors (Lipinski definition) is 9. The minimum Gasteiger partial charge on any atom is -0.497 e. The summed E-state index contributed by atoms with van der Waals surface area (Å²) in [5.41, 5.74) is 1.08. The third kappa shape index (κ3) is 3.86. The lowest BCUT2D eigenvalue weighted by Crippen LogP contribution is -2.48. The van der Waals surface area contributed by atoms with Gasteiger partial charge in [0.1, 0.15) is 22.7 Å². The van der Waals surface area contributed by atoms with E-state index in [0.29, 0.717) is 32.6 Å². The molecule has 1 fully saturated rings. The third-order valence-electron chi connectivity index (χ3n) is 4.51. The molecule has 148 valence electrons. The lowest BCUT2D eigenvalue weighted by molar-refractivity contribution is 0.383. The highest BCUT2D eigenvalue weighted by Crippen LogP contribution is 2.23. The van der Waals surface area contributed by atoms with E-state index in [1.54, 1.807) is 7.11 Å². The molecule has 0 atom stereocenters. The van der Waals surface area contributed by atoms with Gasteiger partial charge in [0.2, 0.25) is 15.2 Å². The van der Waals surface area contributed by atoms with Gasteiger partial charge >= 0.3 is 0 Å². The number of nitrogens with zero attached hydrogens (tertiary/aromatic N) is 5. The summed E-state index contributed by atoms with van der Waals surface area (Å²) in [6.07, 6.45) is 2.99. The first-order valence-electron chi connectivity index (χ1n) is 8.66. The maximum absolute atomic E-state index is 12.5. The van der Waals surface area contributed by atoms with Crippen LogP contribution in [-0.4, -0.2) is 60.5 Å². The number of methoxy groups -OCH3 is 1. The summed E-state index contributed by atoms with van der Waals surface area (Å²) in [6.45, 7) is 1.85. The average Bonchev–Trinajstić information content (AvgIpc) is 3.41. The predicted molar refractivity (Wildman–Crippen MR) is 103 cm³/mol. The minimum atomic E-state index is -3.56. The van der Waals surface area contributed by atoms with Crippen molar-refractivity contribution in [2.45, 2.75) is 11.3 Å². The van der Waals surface area contributed by atoms with Crippen LogP contribution in [0.1, 0.15) is 11.4 Å². The molecule has 0 bridgehead atoms. The van der Waals surface area contributed by atoms with Gasteiger partial charge in [-0.1, -0.05) is 17.3 Å². The molecule has 1 saturated heterocycles. The Morgan fingerprint density at radius 2 is 2.07 bits per heavy atom. The highest BCUT2D eigenvalue weighted by molar-refractivity contribution is 7.89. The van der Waals surface area contributed by atoms with Gasteiger partial charge in [0.15, 0.2) is 0 Å². The topological polar surface area (TPSA) is 102 Å². The smallest absolute Gasteiger partial charge is 0.248 e. The molecule has 1 aliphatic heterocycles. The van der Waals surface area contributed by atoms with E-state index in [0.717, 1.165) is 28.5 Å². The molecule has 0 unspecified atom stereocenters. The number of ether oxygens (including phenoxy) is 1. The van der Waals surface area contributed by atoms with Crippen LogP contribution in [-0.2, 0) is 16.4 Å². The van der Waals surface area contributed by atoms with E-state index in [9.17, 15) is 8.42 Å². The fraction of sp³-hybridized carbons (Fsp3) is 0.353. The Kier molecular flexibility index (Phi) is 5.29. The van der Waals surface area contributed by atoms with Crippen molar-refractivity contribution in [1.29, 1.82) is 0 Å². The van der Waals surface area contributed by atoms with Gasteiger partial charge in [0, 0.05) is 44.1 Å². The van der Waals surface area contributed by atoms with Crippen LogP contribution in [0.2, 0.25) is 0 Å². The second-order valence-electron chi connectivity index (χ2n) is 6.27. The van der Waals surface area contributed by atoms with E-state index >= 15 is 0 Å². The molecule has 1 aliphatic rings. The molecule has 0 N–H and O–H groups in total. The van der Waals surface area contributed by atoms with E-state index in [4.69, 9.17) is 4.74 Å². The first kappa shape index (κ1) is 18.8. The van der Waals surface area contributed by atoms with Gasteiger partial charge in [-0.15, -0.1) is 0 Å². The lowest BCUT2D eigenvalue weighted by Gasteiger charge is -2.33. The molecular weight excluding hydrogens is 402 g/mol. The summed E-state index contributed by atoms with van der Waals surface area (Å²) in [7, 11) is -1.92. The standard InChI is InChI=1S/C17H19N5O4S2/c1-25-14-4-2-3-13(9-14)10-16-19-17(27-20-16)21-5-7-22(8-6-21)28(23,24)15-11-18-26-12-15/h2-4,9,11-12H,5-8,10H2,1H3. The van der Waals surface area contributed by atoms with E-state index < -0.39 is 10.0 Å². The van der Waals surface area contributed by atoms with Gasteiger partial charge < -0.3 is 14.2 Å². The number of anilines is 1. The van der Waals surface area contributed by atoms with Crippen LogP contribution in [0.4, 0.5) is 5.13 Å². The highest BCUT2D eigenvalue weighted by atomic mass is 32.2. The Hall–Kier alpha value is -2.50. The van der Waals surface area contributed by atoms with Gasteiger partial charge in [-0.3, -0.25) is 0 Å². The molecular formula is C17H19N5O4S2. The van der Waals surface area contributed by atoms with Crippen molar-refractivity contribution < 1.29 is 17.7 Å². The van der Waals surface area contributed by atoms with Crippen LogP contribution < -0.4 is 9.64 Å². The van der Waals surface area contributed by atoms with Crippen LogP contribution in [0.25, 0.3) is 0 Å². The molecule has 0 amide bonds. The molecule has 9 nitrogen and oxygen atoms in total. The number of benzene rings is 1. The SMILES string of the molecule is COc1cccc(Cc2nsc(N3CCN(S(=O)(=O)c4cnoc4)CC3)n2)c1. The first-order valence-corrected chi connectivity index (χ1v) is 10.9. The highest BCUT2D eigenvalue weighted by Gasteiger charge is 2.30. The minimum absolute atomic E-state index is 0.0810. The summed E-state index contributed by atoms with van der Waals surface area (Å²) >= 11 is 1.33. The van der Waals surface area contributed by atoms with Gasteiger partial charge in [0.05, 0.1) is 13.3 Å². The number of sulfonamides is 1. The zero-order valence-electron chi connectivity index (χ0n) is 15.2. The Balaban J connectivity index is 1.39. The summed E-state index contributed by atoms with van der Waals surface area (Å²) < 4.78 is 40.8. The zero-order chi connectivity index (χ0) is 19.6. The molecule has 2 aromatic heterocycles. The Bertz CT molecular complexity index is 1030. The van der Waals surface area contributed by atoms with Gasteiger partial charge in [-0.2, -0.15) is 8.68 Å². The van der Waals surface area contributed by atoms with Crippen LogP contribution in [0.15, 0.2) is 46.1 Å². The third-order valence-corrected chi connectivity index (χ3v) is 7.17. The van der Waals surface area contributed by atoms with Crippen molar-refractivity contribution in [3.63, 3.8) is 0 Å². The molecule has 0 spiro atoms. The second-order valence-corrected chi connectivity index (χ2v) is 8.94. The van der Waals surface area contributed by atoms with E-state index in [1.165, 1.54) is 22.0 Å². The number of piperazine rings is 1. The molecule has 1 aromatic carbocycles. The molecule has 0 aliphatic carbocycles. The predicted octanol–water partition coefficient (Wildman–Crippen LogP) is 1.64. The maximum atomic E-state index is 12.5. The summed E-state index contributed by atoms with van der Waals surface area (Å²) in [5, 5.41) is 4.28. The molecule has 0 saturated carbocycles. The van der Waals surface area contributed by atoms with Gasteiger partial charge in [0.25, 0.3) is 0 Å². The van der Waals surface area contributed by atoms with Gasteiger partial charge in [-0.05, 0) is 17.7 Å². The molecule has 0 radical (unpaired) electrons. The Labute approximate surface area is 166 Å². The molecule has 3 heterocycles. The number of hydrogen-bond donors (Lipinski definition) is 0.